The Morgan fingerprint density at radius 2 is 2.00 bits per heavy atom. The standard InChI is InChI=1S/C16H23N3OS/c1-12(2)11-17-16(21)19-18-13(3)5-6-14-7-9-15(20-4)10-8-14/h5-10,12H,11H2,1-4H3,(H2,17,19,21)/b6-5-,18-13-. The fourth-order valence-electron chi connectivity index (χ4n) is 1.44. The molecule has 1 aromatic carbocycles. The Kier molecular flexibility index (Phi) is 7.46. The summed E-state index contributed by atoms with van der Waals surface area (Å²) in [5, 5.41) is 7.84. The first-order valence-corrected chi connectivity index (χ1v) is 7.32. The van der Waals surface area contributed by atoms with Gasteiger partial charge >= 0.3 is 0 Å². The molecular weight excluding hydrogens is 282 g/mol. The number of benzene rings is 1. The number of rotatable bonds is 6. The molecule has 0 spiro atoms. The van der Waals surface area contributed by atoms with Crippen molar-refractivity contribution in [2.45, 2.75) is 20.8 Å². The van der Waals surface area contributed by atoms with Gasteiger partial charge in [-0.2, -0.15) is 5.10 Å². The number of hydrogen-bond donors (Lipinski definition) is 2. The van der Waals surface area contributed by atoms with Crippen LogP contribution in [0.3, 0.4) is 0 Å². The van der Waals surface area contributed by atoms with Crippen molar-refractivity contribution in [3.63, 3.8) is 0 Å². The highest BCUT2D eigenvalue weighted by atomic mass is 32.1. The first-order valence-electron chi connectivity index (χ1n) is 6.91. The second kappa shape index (κ2) is 9.13. The molecule has 4 nitrogen and oxygen atoms in total. The van der Waals surface area contributed by atoms with Crippen LogP contribution in [0.4, 0.5) is 0 Å². The van der Waals surface area contributed by atoms with E-state index in [-0.39, 0.29) is 0 Å². The third-order valence-electron chi connectivity index (χ3n) is 2.64. The van der Waals surface area contributed by atoms with Crippen LogP contribution in [-0.4, -0.2) is 24.5 Å². The van der Waals surface area contributed by atoms with Gasteiger partial charge in [-0.1, -0.05) is 32.1 Å². The Labute approximate surface area is 132 Å². The minimum Gasteiger partial charge on any atom is -0.497 e. The van der Waals surface area contributed by atoms with Crippen molar-refractivity contribution in [2.24, 2.45) is 11.0 Å². The van der Waals surface area contributed by atoms with E-state index in [4.69, 9.17) is 17.0 Å². The van der Waals surface area contributed by atoms with Crippen LogP contribution >= 0.6 is 12.2 Å². The van der Waals surface area contributed by atoms with Crippen LogP contribution in [0.1, 0.15) is 26.3 Å². The van der Waals surface area contributed by atoms with Gasteiger partial charge in [0.1, 0.15) is 5.75 Å². The van der Waals surface area contributed by atoms with Crippen LogP contribution in [0.25, 0.3) is 6.08 Å². The summed E-state index contributed by atoms with van der Waals surface area (Å²) < 4.78 is 5.12. The minimum absolute atomic E-state index is 0.542. The monoisotopic (exact) mass is 305 g/mol. The van der Waals surface area contributed by atoms with E-state index in [1.165, 1.54) is 0 Å². The molecule has 0 bridgehead atoms. The fraction of sp³-hybridized carbons (Fsp3) is 0.375. The molecule has 0 aliphatic heterocycles. The van der Waals surface area contributed by atoms with Crippen molar-refractivity contribution in [2.75, 3.05) is 13.7 Å². The molecule has 0 aliphatic rings. The van der Waals surface area contributed by atoms with Crippen LogP contribution in [0, 0.1) is 5.92 Å². The van der Waals surface area contributed by atoms with E-state index in [1.54, 1.807) is 7.11 Å². The van der Waals surface area contributed by atoms with Gasteiger partial charge < -0.3 is 10.1 Å². The van der Waals surface area contributed by atoms with Gasteiger partial charge in [0.2, 0.25) is 0 Å². The summed E-state index contributed by atoms with van der Waals surface area (Å²) in [6.07, 6.45) is 3.92. The zero-order chi connectivity index (χ0) is 15.7. The lowest BCUT2D eigenvalue weighted by Crippen LogP contribution is -2.34. The molecule has 0 heterocycles. The van der Waals surface area contributed by atoms with Crippen LogP contribution < -0.4 is 15.5 Å². The lowest BCUT2D eigenvalue weighted by atomic mass is 10.2. The summed E-state index contributed by atoms with van der Waals surface area (Å²) in [6.45, 7) is 7.00. The highest BCUT2D eigenvalue weighted by Gasteiger charge is 1.96. The third-order valence-corrected chi connectivity index (χ3v) is 2.87. The van der Waals surface area contributed by atoms with E-state index >= 15 is 0 Å². The SMILES string of the molecule is COc1ccc(/C=C\C(C)=N/NC(=S)NCC(C)C)cc1. The van der Waals surface area contributed by atoms with Crippen LogP contribution in [0.5, 0.6) is 5.75 Å². The highest BCUT2D eigenvalue weighted by molar-refractivity contribution is 7.80. The molecule has 0 aromatic heterocycles. The van der Waals surface area contributed by atoms with Gasteiger partial charge in [-0.05, 0) is 48.8 Å². The van der Waals surface area contributed by atoms with Crippen molar-refractivity contribution >= 4 is 29.1 Å². The number of methoxy groups -OCH3 is 1. The molecule has 0 fully saturated rings. The van der Waals surface area contributed by atoms with Gasteiger partial charge in [0.15, 0.2) is 5.11 Å². The van der Waals surface area contributed by atoms with E-state index in [9.17, 15) is 0 Å². The Morgan fingerprint density at radius 1 is 1.33 bits per heavy atom. The fourth-order valence-corrected chi connectivity index (χ4v) is 1.57. The summed E-state index contributed by atoms with van der Waals surface area (Å²) >= 11 is 5.13. The Balaban J connectivity index is 2.47. The maximum atomic E-state index is 5.13. The highest BCUT2D eigenvalue weighted by Crippen LogP contribution is 2.12. The van der Waals surface area contributed by atoms with Crippen LogP contribution in [0.2, 0.25) is 0 Å². The Morgan fingerprint density at radius 3 is 2.57 bits per heavy atom. The summed E-state index contributed by atoms with van der Waals surface area (Å²) in [4.78, 5) is 0. The normalized spacial score (nSPS) is 11.8. The number of allylic oxidation sites excluding steroid dienone is 1. The molecule has 0 unspecified atom stereocenters. The predicted octanol–water partition coefficient (Wildman–Crippen LogP) is 3.20. The molecule has 0 saturated heterocycles. The number of ether oxygens (including phenoxy) is 1. The van der Waals surface area contributed by atoms with Gasteiger partial charge in [-0.25, -0.2) is 0 Å². The van der Waals surface area contributed by atoms with Crippen LogP contribution in [0.15, 0.2) is 35.4 Å². The number of thiocarbonyl (C=S) groups is 1. The van der Waals surface area contributed by atoms with Gasteiger partial charge in [-0.15, -0.1) is 0 Å². The molecule has 0 radical (unpaired) electrons. The van der Waals surface area contributed by atoms with Gasteiger partial charge in [0.05, 0.1) is 12.8 Å². The van der Waals surface area contributed by atoms with Crippen molar-refractivity contribution in [1.82, 2.24) is 10.7 Å². The van der Waals surface area contributed by atoms with Gasteiger partial charge in [0, 0.05) is 6.54 Å². The predicted molar refractivity (Wildman–Crippen MR) is 93.7 cm³/mol. The molecule has 0 atom stereocenters. The summed E-state index contributed by atoms with van der Waals surface area (Å²) in [5.41, 5.74) is 4.76. The molecule has 21 heavy (non-hydrogen) atoms. The summed E-state index contributed by atoms with van der Waals surface area (Å²) in [5.74, 6) is 1.39. The molecule has 0 amide bonds. The Bertz CT molecular complexity index is 507. The van der Waals surface area contributed by atoms with Crippen LogP contribution in [-0.2, 0) is 0 Å². The van der Waals surface area contributed by atoms with Crippen molar-refractivity contribution in [3.05, 3.63) is 35.9 Å². The first kappa shape index (κ1) is 17.2. The number of nitrogens with zero attached hydrogens (tertiary/aromatic N) is 1. The second-order valence-electron chi connectivity index (χ2n) is 5.08. The number of nitrogens with one attached hydrogen (secondary N) is 2. The van der Waals surface area contributed by atoms with Crippen molar-refractivity contribution in [3.8, 4) is 5.75 Å². The smallest absolute Gasteiger partial charge is 0.186 e. The summed E-state index contributed by atoms with van der Waals surface area (Å²) in [6, 6.07) is 7.83. The number of hydrazone groups is 1. The van der Waals surface area contributed by atoms with E-state index < -0.39 is 0 Å². The molecule has 2 N–H and O–H groups in total. The first-order chi connectivity index (χ1) is 10.0. The van der Waals surface area contributed by atoms with E-state index in [0.717, 1.165) is 23.6 Å². The maximum absolute atomic E-state index is 5.13. The summed E-state index contributed by atoms with van der Waals surface area (Å²) in [7, 11) is 1.66. The molecule has 0 saturated carbocycles. The topological polar surface area (TPSA) is 45.6 Å². The second-order valence-corrected chi connectivity index (χ2v) is 5.48. The van der Waals surface area contributed by atoms with Gasteiger partial charge in [-0.3, -0.25) is 5.43 Å². The zero-order valence-electron chi connectivity index (χ0n) is 13.0. The number of hydrogen-bond acceptors (Lipinski definition) is 3. The average Bonchev–Trinajstić information content (AvgIpc) is 2.49. The maximum Gasteiger partial charge on any atom is 0.186 e. The van der Waals surface area contributed by atoms with Crippen molar-refractivity contribution < 1.29 is 4.74 Å². The lowest BCUT2D eigenvalue weighted by Gasteiger charge is -2.09. The molecule has 114 valence electrons. The molecule has 1 rings (SSSR count). The van der Waals surface area contributed by atoms with E-state index in [0.29, 0.717) is 11.0 Å². The quantitative estimate of drug-likeness (QED) is 0.481. The van der Waals surface area contributed by atoms with Crippen molar-refractivity contribution in [1.29, 1.82) is 0 Å². The molecule has 1 aromatic rings. The average molecular weight is 305 g/mol. The van der Waals surface area contributed by atoms with Gasteiger partial charge in [0.25, 0.3) is 0 Å². The third kappa shape index (κ3) is 7.46. The Hall–Kier alpha value is -1.88. The molecule has 5 heteroatoms. The largest absolute Gasteiger partial charge is 0.497 e. The lowest BCUT2D eigenvalue weighted by molar-refractivity contribution is 0.415. The zero-order valence-corrected chi connectivity index (χ0v) is 13.8. The molecular formula is C16H23N3OS. The minimum atomic E-state index is 0.542. The van der Waals surface area contributed by atoms with E-state index in [1.807, 2.05) is 43.3 Å². The van der Waals surface area contributed by atoms with E-state index in [2.05, 4.69) is 29.7 Å². The molecule has 0 aliphatic carbocycles.